The second-order valence-electron chi connectivity index (χ2n) is 6.41. The number of nitrogens with zero attached hydrogens (tertiary/aromatic N) is 1. The SMILES string of the molecule is CCOc1cc(Br)c(/C=C2\NC(=S)N(C3CCCCC3)C2=O)cc1OC. The summed E-state index contributed by atoms with van der Waals surface area (Å²) in [6.07, 6.45) is 7.37. The molecule has 7 heteroatoms. The molecule has 0 radical (unpaired) electrons. The number of nitrogens with one attached hydrogen (secondary N) is 1. The fourth-order valence-electron chi connectivity index (χ4n) is 3.46. The van der Waals surface area contributed by atoms with E-state index in [1.54, 1.807) is 18.1 Å². The third-order valence-electron chi connectivity index (χ3n) is 4.73. The van der Waals surface area contributed by atoms with Crippen molar-refractivity contribution < 1.29 is 14.3 Å². The minimum Gasteiger partial charge on any atom is -0.493 e. The van der Waals surface area contributed by atoms with Crippen LogP contribution in [0, 0.1) is 0 Å². The summed E-state index contributed by atoms with van der Waals surface area (Å²) in [5.41, 5.74) is 1.32. The molecule has 1 heterocycles. The first-order chi connectivity index (χ1) is 12.5. The second-order valence-corrected chi connectivity index (χ2v) is 7.65. The van der Waals surface area contributed by atoms with Gasteiger partial charge >= 0.3 is 0 Å². The van der Waals surface area contributed by atoms with E-state index in [0.717, 1.165) is 35.7 Å². The van der Waals surface area contributed by atoms with Gasteiger partial charge in [-0.05, 0) is 55.8 Å². The van der Waals surface area contributed by atoms with Crippen molar-refractivity contribution in [1.82, 2.24) is 10.2 Å². The van der Waals surface area contributed by atoms with Gasteiger partial charge in [-0.1, -0.05) is 35.2 Å². The van der Waals surface area contributed by atoms with Gasteiger partial charge in [-0.15, -0.1) is 0 Å². The van der Waals surface area contributed by atoms with E-state index in [0.29, 0.717) is 28.9 Å². The number of ether oxygens (including phenoxy) is 2. The first-order valence-corrected chi connectivity index (χ1v) is 10.1. The molecule has 140 valence electrons. The first-order valence-electron chi connectivity index (χ1n) is 8.91. The summed E-state index contributed by atoms with van der Waals surface area (Å²) >= 11 is 8.97. The molecule has 1 amide bonds. The van der Waals surface area contributed by atoms with Crippen LogP contribution in [0.15, 0.2) is 22.3 Å². The summed E-state index contributed by atoms with van der Waals surface area (Å²) in [6.45, 7) is 2.47. The van der Waals surface area contributed by atoms with Gasteiger partial charge in [-0.3, -0.25) is 9.69 Å². The molecule has 1 aliphatic heterocycles. The number of carbonyl (C=O) groups excluding carboxylic acids is 1. The molecule has 2 aliphatic rings. The molecule has 5 nitrogen and oxygen atoms in total. The van der Waals surface area contributed by atoms with E-state index in [9.17, 15) is 4.79 Å². The molecule has 1 aromatic rings. The first kappa shape index (κ1) is 19.2. The lowest BCUT2D eigenvalue weighted by molar-refractivity contribution is -0.124. The maximum Gasteiger partial charge on any atom is 0.276 e. The predicted molar refractivity (Wildman–Crippen MR) is 109 cm³/mol. The van der Waals surface area contributed by atoms with Crippen molar-refractivity contribution >= 4 is 45.2 Å². The molecule has 2 fully saturated rings. The standard InChI is InChI=1S/C19H23BrN2O3S/c1-3-25-17-11-14(20)12(10-16(17)24-2)9-15-18(23)22(19(26)21-15)13-7-5-4-6-8-13/h9-11,13H,3-8H2,1-2H3,(H,21,26)/b15-9-. The topological polar surface area (TPSA) is 50.8 Å². The molecule has 0 unspecified atom stereocenters. The second kappa shape index (κ2) is 8.39. The molecule has 1 N–H and O–H groups in total. The molecule has 1 saturated carbocycles. The number of hydrogen-bond donors (Lipinski definition) is 1. The van der Waals surface area contributed by atoms with Crippen LogP contribution < -0.4 is 14.8 Å². The van der Waals surface area contributed by atoms with Crippen LogP contribution in [0.5, 0.6) is 11.5 Å². The zero-order valence-electron chi connectivity index (χ0n) is 15.0. The predicted octanol–water partition coefficient (Wildman–Crippen LogP) is 4.25. The number of thiocarbonyl (C=S) groups is 1. The summed E-state index contributed by atoms with van der Waals surface area (Å²) in [5.74, 6) is 1.23. The third kappa shape index (κ3) is 3.88. The molecule has 1 saturated heterocycles. The van der Waals surface area contributed by atoms with Crippen LogP contribution >= 0.6 is 28.1 Å². The molecule has 3 rings (SSSR count). The minimum absolute atomic E-state index is 0.0540. The largest absolute Gasteiger partial charge is 0.493 e. The van der Waals surface area contributed by atoms with Gasteiger partial charge in [0.05, 0.1) is 13.7 Å². The lowest BCUT2D eigenvalue weighted by Gasteiger charge is -2.29. The fourth-order valence-corrected chi connectivity index (χ4v) is 4.24. The summed E-state index contributed by atoms with van der Waals surface area (Å²) < 4.78 is 11.8. The number of benzene rings is 1. The monoisotopic (exact) mass is 438 g/mol. The highest BCUT2D eigenvalue weighted by Gasteiger charge is 2.36. The number of hydrogen-bond acceptors (Lipinski definition) is 4. The highest BCUT2D eigenvalue weighted by molar-refractivity contribution is 9.10. The maximum atomic E-state index is 12.9. The highest BCUT2D eigenvalue weighted by atomic mass is 79.9. The van der Waals surface area contributed by atoms with E-state index in [4.69, 9.17) is 21.7 Å². The zero-order valence-corrected chi connectivity index (χ0v) is 17.4. The Balaban J connectivity index is 1.88. The normalized spacial score (nSPS) is 19.8. The Morgan fingerprint density at radius 1 is 1.31 bits per heavy atom. The Morgan fingerprint density at radius 2 is 2.04 bits per heavy atom. The van der Waals surface area contributed by atoms with Gasteiger partial charge in [0.15, 0.2) is 16.6 Å². The number of methoxy groups -OCH3 is 1. The van der Waals surface area contributed by atoms with Gasteiger partial charge in [-0.2, -0.15) is 0 Å². The van der Waals surface area contributed by atoms with E-state index >= 15 is 0 Å². The lowest BCUT2D eigenvalue weighted by Crippen LogP contribution is -2.41. The van der Waals surface area contributed by atoms with Crippen LogP contribution in [0.1, 0.15) is 44.6 Å². The van der Waals surface area contributed by atoms with Gasteiger partial charge in [0.25, 0.3) is 5.91 Å². The Bertz CT molecular complexity index is 745. The third-order valence-corrected chi connectivity index (χ3v) is 5.72. The van der Waals surface area contributed by atoms with Gasteiger partial charge in [0, 0.05) is 10.5 Å². The van der Waals surface area contributed by atoms with E-state index in [-0.39, 0.29) is 11.9 Å². The van der Waals surface area contributed by atoms with E-state index < -0.39 is 0 Å². The minimum atomic E-state index is -0.0540. The summed E-state index contributed by atoms with van der Waals surface area (Å²) in [5, 5.41) is 3.58. The molecule has 0 aromatic heterocycles. The van der Waals surface area contributed by atoms with Gasteiger partial charge in [0.2, 0.25) is 0 Å². The van der Waals surface area contributed by atoms with E-state index in [1.165, 1.54) is 6.42 Å². The summed E-state index contributed by atoms with van der Waals surface area (Å²) in [6, 6.07) is 3.91. The van der Waals surface area contributed by atoms with Crippen LogP contribution in [0.2, 0.25) is 0 Å². The molecular formula is C19H23BrN2O3S. The lowest BCUT2D eigenvalue weighted by atomic mass is 9.94. The zero-order chi connectivity index (χ0) is 18.7. The molecule has 26 heavy (non-hydrogen) atoms. The van der Waals surface area contributed by atoms with Crippen molar-refractivity contribution in [1.29, 1.82) is 0 Å². The quantitative estimate of drug-likeness (QED) is 0.549. The van der Waals surface area contributed by atoms with E-state index in [2.05, 4.69) is 21.2 Å². The summed E-state index contributed by atoms with van der Waals surface area (Å²) in [4.78, 5) is 14.6. The average Bonchev–Trinajstić information content (AvgIpc) is 2.91. The average molecular weight is 439 g/mol. The van der Waals surface area contributed by atoms with Crippen molar-refractivity contribution in [3.8, 4) is 11.5 Å². The Labute approximate surface area is 167 Å². The van der Waals surface area contributed by atoms with Gasteiger partial charge in [0.1, 0.15) is 5.70 Å². The van der Waals surface area contributed by atoms with Crippen molar-refractivity contribution in [3.05, 3.63) is 27.9 Å². The molecule has 0 spiro atoms. The molecule has 1 aromatic carbocycles. The van der Waals surface area contributed by atoms with Crippen LogP contribution in [-0.2, 0) is 4.79 Å². The Hall–Kier alpha value is -1.60. The number of carbonyl (C=O) groups is 1. The number of halogens is 1. The highest BCUT2D eigenvalue weighted by Crippen LogP contribution is 2.35. The van der Waals surface area contributed by atoms with Crippen LogP contribution in [0.4, 0.5) is 0 Å². The van der Waals surface area contributed by atoms with Crippen LogP contribution in [-0.4, -0.2) is 35.7 Å². The Morgan fingerprint density at radius 3 is 2.69 bits per heavy atom. The smallest absolute Gasteiger partial charge is 0.276 e. The van der Waals surface area contributed by atoms with Gasteiger partial charge < -0.3 is 14.8 Å². The van der Waals surface area contributed by atoms with Crippen LogP contribution in [0.25, 0.3) is 6.08 Å². The fraction of sp³-hybridized carbons (Fsp3) is 0.474. The van der Waals surface area contributed by atoms with E-state index in [1.807, 2.05) is 19.1 Å². The van der Waals surface area contributed by atoms with Crippen molar-refractivity contribution in [2.75, 3.05) is 13.7 Å². The molecule has 0 atom stereocenters. The number of rotatable bonds is 5. The number of amides is 1. The van der Waals surface area contributed by atoms with Crippen molar-refractivity contribution in [3.63, 3.8) is 0 Å². The molecule has 1 aliphatic carbocycles. The summed E-state index contributed by atoms with van der Waals surface area (Å²) in [7, 11) is 1.60. The Kier molecular flexibility index (Phi) is 6.19. The molecule has 0 bridgehead atoms. The molecular weight excluding hydrogens is 416 g/mol. The van der Waals surface area contributed by atoms with Crippen molar-refractivity contribution in [2.45, 2.75) is 45.1 Å². The van der Waals surface area contributed by atoms with Gasteiger partial charge in [-0.25, -0.2) is 0 Å². The maximum absolute atomic E-state index is 12.9. The van der Waals surface area contributed by atoms with Crippen molar-refractivity contribution in [2.24, 2.45) is 0 Å². The van der Waals surface area contributed by atoms with Crippen LogP contribution in [0.3, 0.4) is 0 Å².